The van der Waals surface area contributed by atoms with Crippen LogP contribution < -0.4 is 4.90 Å². The van der Waals surface area contributed by atoms with E-state index >= 15 is 0 Å². The van der Waals surface area contributed by atoms with E-state index in [0.717, 1.165) is 11.3 Å². The summed E-state index contributed by atoms with van der Waals surface area (Å²) < 4.78 is 14.1. The number of aliphatic hydroxyl groups is 1. The lowest BCUT2D eigenvalue weighted by Gasteiger charge is -2.24. The molecule has 164 valence electrons. The Balaban J connectivity index is 1.67. The number of hydrogen-bond donors (Lipinski definition) is 2. The highest BCUT2D eigenvalue weighted by molar-refractivity contribution is 7.22. The Morgan fingerprint density at radius 3 is 2.52 bits per heavy atom. The number of Topliss-reactive ketones (excluding diaryl/α,β-unsaturated/α-hetero) is 1. The van der Waals surface area contributed by atoms with Crippen molar-refractivity contribution in [2.45, 2.75) is 6.04 Å². The Kier molecular flexibility index (Phi) is 5.03. The van der Waals surface area contributed by atoms with Crippen LogP contribution in [0.25, 0.3) is 10.2 Å². The first kappa shape index (κ1) is 21.0. The van der Waals surface area contributed by atoms with Crippen LogP contribution in [0.2, 0.25) is 0 Å². The number of aromatic nitrogens is 1. The highest BCUT2D eigenvalue weighted by atomic mass is 32.1. The summed E-state index contributed by atoms with van der Waals surface area (Å²) >= 11 is 2.23. The third kappa shape index (κ3) is 3.49. The number of carbonyl (C=O) groups excluding carboxylic acids is 2. The number of benzene rings is 2. The molecule has 7 nitrogen and oxygen atoms in total. The molecule has 2 N–H and O–H groups in total. The Bertz CT molecular complexity index is 1460. The van der Waals surface area contributed by atoms with Crippen molar-refractivity contribution in [1.82, 2.24) is 4.98 Å². The lowest BCUT2D eigenvalue weighted by molar-refractivity contribution is -0.117. The number of fused-ring (bicyclic) bond motifs is 1. The predicted octanol–water partition coefficient (Wildman–Crippen LogP) is 4.98. The summed E-state index contributed by atoms with van der Waals surface area (Å²) in [5, 5.41) is 21.9. The first-order valence-corrected chi connectivity index (χ1v) is 11.3. The van der Waals surface area contributed by atoms with E-state index in [9.17, 15) is 29.0 Å². The van der Waals surface area contributed by atoms with Crippen molar-refractivity contribution in [3.8, 4) is 0 Å². The molecular weight excluding hydrogens is 467 g/mol. The van der Waals surface area contributed by atoms with E-state index in [1.165, 1.54) is 58.7 Å². The zero-order valence-corrected chi connectivity index (χ0v) is 18.2. The number of ketones is 1. The average molecular weight is 480 g/mol. The van der Waals surface area contributed by atoms with Crippen LogP contribution in [0.1, 0.15) is 31.6 Å². The highest BCUT2D eigenvalue weighted by Crippen LogP contribution is 2.44. The molecular formula is C23H13FN2O5S2. The second kappa shape index (κ2) is 7.91. The molecule has 1 unspecified atom stereocenters. The second-order valence-electron chi connectivity index (χ2n) is 7.18. The van der Waals surface area contributed by atoms with E-state index in [2.05, 4.69) is 4.98 Å². The SMILES string of the molecule is O=C(O)c1ccc2nc(N3C(=O)C(O)=C(C(=O)c4cccs4)C3c3ccc(F)cc3)sc2c1. The van der Waals surface area contributed by atoms with Gasteiger partial charge in [0.2, 0.25) is 5.78 Å². The Morgan fingerprint density at radius 1 is 1.09 bits per heavy atom. The molecule has 10 heteroatoms. The molecule has 0 aliphatic carbocycles. The second-order valence-corrected chi connectivity index (χ2v) is 9.14. The van der Waals surface area contributed by atoms with Crippen molar-refractivity contribution < 1.29 is 29.0 Å². The fraction of sp³-hybridized carbons (Fsp3) is 0.0435. The lowest BCUT2D eigenvalue weighted by Crippen LogP contribution is -2.30. The monoisotopic (exact) mass is 480 g/mol. The molecule has 33 heavy (non-hydrogen) atoms. The van der Waals surface area contributed by atoms with Gasteiger partial charge in [-0.1, -0.05) is 29.5 Å². The summed E-state index contributed by atoms with van der Waals surface area (Å²) in [6.07, 6.45) is 0. The minimum absolute atomic E-state index is 0.0649. The topological polar surface area (TPSA) is 108 Å². The van der Waals surface area contributed by atoms with Crippen LogP contribution >= 0.6 is 22.7 Å². The van der Waals surface area contributed by atoms with Gasteiger partial charge in [-0.15, -0.1) is 11.3 Å². The third-order valence-electron chi connectivity index (χ3n) is 5.21. The molecule has 4 aromatic rings. The van der Waals surface area contributed by atoms with Gasteiger partial charge in [-0.25, -0.2) is 14.2 Å². The van der Waals surface area contributed by atoms with Gasteiger partial charge in [0.15, 0.2) is 10.9 Å². The number of halogens is 1. The van der Waals surface area contributed by atoms with Gasteiger partial charge < -0.3 is 10.2 Å². The largest absolute Gasteiger partial charge is 0.503 e. The van der Waals surface area contributed by atoms with Crippen LogP contribution in [-0.4, -0.2) is 32.9 Å². The van der Waals surface area contributed by atoms with Gasteiger partial charge in [0.1, 0.15) is 5.82 Å². The van der Waals surface area contributed by atoms with E-state index in [-0.39, 0.29) is 16.3 Å². The summed E-state index contributed by atoms with van der Waals surface area (Å²) in [5.74, 6) is -3.62. The number of amides is 1. The molecule has 1 atom stereocenters. The predicted molar refractivity (Wildman–Crippen MR) is 122 cm³/mol. The first-order chi connectivity index (χ1) is 15.8. The Labute approximate surface area is 193 Å². The number of nitrogens with zero attached hydrogens (tertiary/aromatic N) is 2. The molecule has 0 fully saturated rings. The van der Waals surface area contributed by atoms with Crippen LogP contribution in [-0.2, 0) is 4.79 Å². The molecule has 2 aromatic carbocycles. The number of rotatable bonds is 5. The number of anilines is 1. The smallest absolute Gasteiger partial charge is 0.335 e. The zero-order valence-electron chi connectivity index (χ0n) is 16.6. The molecule has 0 bridgehead atoms. The normalized spacial score (nSPS) is 16.1. The minimum atomic E-state index is -1.10. The van der Waals surface area contributed by atoms with E-state index in [1.807, 2.05) is 0 Å². The van der Waals surface area contributed by atoms with E-state index < -0.39 is 35.3 Å². The van der Waals surface area contributed by atoms with Gasteiger partial charge in [-0.05, 0) is 47.3 Å². The number of carboxylic acids is 1. The zero-order chi connectivity index (χ0) is 23.3. The van der Waals surface area contributed by atoms with Gasteiger partial charge >= 0.3 is 5.97 Å². The molecule has 0 spiro atoms. The maximum absolute atomic E-state index is 13.6. The Hall–Kier alpha value is -3.89. The summed E-state index contributed by atoms with van der Waals surface area (Å²) in [7, 11) is 0. The summed E-state index contributed by atoms with van der Waals surface area (Å²) in [6, 6.07) is 11.9. The van der Waals surface area contributed by atoms with Crippen LogP contribution in [0.3, 0.4) is 0 Å². The number of thiazole rings is 1. The van der Waals surface area contributed by atoms with Crippen LogP contribution in [0.5, 0.6) is 0 Å². The summed E-state index contributed by atoms with van der Waals surface area (Å²) in [6.45, 7) is 0. The van der Waals surface area contributed by atoms with Crippen molar-refractivity contribution in [3.05, 3.63) is 93.1 Å². The summed E-state index contributed by atoms with van der Waals surface area (Å²) in [5.41, 5.74) is 0.817. The average Bonchev–Trinajstić information content (AvgIpc) is 3.52. The minimum Gasteiger partial charge on any atom is -0.503 e. The fourth-order valence-electron chi connectivity index (χ4n) is 3.68. The molecule has 1 aliphatic rings. The van der Waals surface area contributed by atoms with E-state index in [0.29, 0.717) is 20.7 Å². The first-order valence-electron chi connectivity index (χ1n) is 9.59. The van der Waals surface area contributed by atoms with E-state index in [4.69, 9.17) is 0 Å². The fourth-order valence-corrected chi connectivity index (χ4v) is 5.39. The van der Waals surface area contributed by atoms with E-state index in [1.54, 1.807) is 17.5 Å². The maximum atomic E-state index is 13.6. The quantitative estimate of drug-likeness (QED) is 0.390. The van der Waals surface area contributed by atoms with Crippen molar-refractivity contribution in [3.63, 3.8) is 0 Å². The molecule has 0 saturated heterocycles. The molecule has 5 rings (SSSR count). The molecule has 1 amide bonds. The molecule has 0 saturated carbocycles. The highest BCUT2D eigenvalue weighted by Gasteiger charge is 2.46. The summed E-state index contributed by atoms with van der Waals surface area (Å²) in [4.78, 5) is 43.7. The Morgan fingerprint density at radius 2 is 1.85 bits per heavy atom. The van der Waals surface area contributed by atoms with Crippen molar-refractivity contribution in [2.24, 2.45) is 0 Å². The number of carboxylic acid groups (broad SMARTS) is 1. The number of hydrogen-bond acceptors (Lipinski definition) is 7. The van der Waals surface area contributed by atoms with Crippen molar-refractivity contribution >= 4 is 55.7 Å². The van der Waals surface area contributed by atoms with Crippen LogP contribution in [0.4, 0.5) is 9.52 Å². The number of carbonyl (C=O) groups is 3. The van der Waals surface area contributed by atoms with Gasteiger partial charge in [0.05, 0.1) is 32.3 Å². The van der Waals surface area contributed by atoms with Crippen molar-refractivity contribution in [1.29, 1.82) is 0 Å². The van der Waals surface area contributed by atoms with Gasteiger partial charge in [-0.3, -0.25) is 14.5 Å². The standard InChI is InChI=1S/C23H13FN2O5S2/c24-13-6-3-11(4-7-13)18-17(19(27)15-2-1-9-32-15)20(28)21(29)26(18)23-25-14-8-5-12(22(30)31)10-16(14)33-23/h1-10,18,28H,(H,30,31). The maximum Gasteiger partial charge on any atom is 0.335 e. The number of aromatic carboxylic acids is 1. The van der Waals surface area contributed by atoms with Gasteiger partial charge in [-0.2, -0.15) is 0 Å². The third-order valence-corrected chi connectivity index (χ3v) is 7.10. The molecule has 2 aromatic heterocycles. The molecule has 0 radical (unpaired) electrons. The lowest BCUT2D eigenvalue weighted by atomic mass is 9.95. The number of thiophene rings is 1. The molecule has 1 aliphatic heterocycles. The number of aliphatic hydroxyl groups excluding tert-OH is 1. The van der Waals surface area contributed by atoms with Gasteiger partial charge in [0.25, 0.3) is 5.91 Å². The van der Waals surface area contributed by atoms with Crippen LogP contribution in [0, 0.1) is 5.82 Å². The van der Waals surface area contributed by atoms with Crippen LogP contribution in [0.15, 0.2) is 71.3 Å². The molecule has 3 heterocycles. The van der Waals surface area contributed by atoms with Crippen molar-refractivity contribution in [2.75, 3.05) is 4.90 Å². The van der Waals surface area contributed by atoms with Gasteiger partial charge in [0, 0.05) is 0 Å².